The van der Waals surface area contributed by atoms with Gasteiger partial charge in [-0.3, -0.25) is 0 Å². The fourth-order valence-corrected chi connectivity index (χ4v) is 2.36. The fourth-order valence-electron chi connectivity index (χ4n) is 2.36. The maximum absolute atomic E-state index is 12.1. The van der Waals surface area contributed by atoms with E-state index >= 15 is 0 Å². The van der Waals surface area contributed by atoms with Crippen molar-refractivity contribution in [3.63, 3.8) is 0 Å². The highest BCUT2D eigenvalue weighted by Gasteiger charge is 2.49. The smallest absolute Gasteiger partial charge is 0.334 e. The molecule has 0 aromatic heterocycles. The van der Waals surface area contributed by atoms with Gasteiger partial charge in [0.15, 0.2) is 5.54 Å². The standard InChI is InChI=1S/C14H19NO3/c1-10-6-4-5-7-12(10)15-14(13(16)17-3)8-9-18-11(14)2/h4-7,11,15H,8-9H2,1-3H3. The Kier molecular flexibility index (Phi) is 3.57. The summed E-state index contributed by atoms with van der Waals surface area (Å²) in [5, 5.41) is 3.32. The highest BCUT2D eigenvalue weighted by atomic mass is 16.5. The first kappa shape index (κ1) is 12.9. The van der Waals surface area contributed by atoms with Crippen molar-refractivity contribution in [3.8, 4) is 0 Å². The third kappa shape index (κ3) is 2.08. The minimum absolute atomic E-state index is 0.204. The summed E-state index contributed by atoms with van der Waals surface area (Å²) >= 11 is 0. The maximum atomic E-state index is 12.1. The second-order valence-electron chi connectivity index (χ2n) is 4.67. The second kappa shape index (κ2) is 4.98. The molecule has 2 unspecified atom stereocenters. The summed E-state index contributed by atoms with van der Waals surface area (Å²) in [6, 6.07) is 7.89. The predicted octanol–water partition coefficient (Wildman–Crippen LogP) is 2.13. The van der Waals surface area contributed by atoms with Gasteiger partial charge in [0.25, 0.3) is 0 Å². The quantitative estimate of drug-likeness (QED) is 0.834. The molecule has 1 aromatic rings. The van der Waals surface area contributed by atoms with E-state index in [1.54, 1.807) is 0 Å². The summed E-state index contributed by atoms with van der Waals surface area (Å²) in [5.74, 6) is -0.268. The number of carbonyl (C=O) groups excluding carboxylic acids is 1. The Bertz CT molecular complexity index is 446. The van der Waals surface area contributed by atoms with Crippen molar-refractivity contribution in [2.45, 2.75) is 31.9 Å². The first-order valence-corrected chi connectivity index (χ1v) is 6.14. The maximum Gasteiger partial charge on any atom is 0.334 e. The molecule has 0 radical (unpaired) electrons. The van der Waals surface area contributed by atoms with E-state index in [2.05, 4.69) is 5.32 Å². The Morgan fingerprint density at radius 1 is 1.50 bits per heavy atom. The van der Waals surface area contributed by atoms with E-state index in [1.165, 1.54) is 7.11 Å². The number of nitrogens with one attached hydrogen (secondary N) is 1. The van der Waals surface area contributed by atoms with E-state index in [9.17, 15) is 4.79 Å². The number of anilines is 1. The van der Waals surface area contributed by atoms with Gasteiger partial charge < -0.3 is 14.8 Å². The van der Waals surface area contributed by atoms with Crippen LogP contribution in [0.2, 0.25) is 0 Å². The van der Waals surface area contributed by atoms with Crippen LogP contribution in [0.25, 0.3) is 0 Å². The summed E-state index contributed by atoms with van der Waals surface area (Å²) in [5.41, 5.74) is 1.26. The minimum atomic E-state index is -0.777. The van der Waals surface area contributed by atoms with Gasteiger partial charge in [0.05, 0.1) is 13.2 Å². The number of para-hydroxylation sites is 1. The number of methoxy groups -OCH3 is 1. The summed E-state index contributed by atoms with van der Waals surface area (Å²) in [6.07, 6.45) is 0.416. The van der Waals surface area contributed by atoms with Crippen LogP contribution in [0, 0.1) is 6.92 Å². The van der Waals surface area contributed by atoms with Gasteiger partial charge in [-0.15, -0.1) is 0 Å². The molecule has 0 bridgehead atoms. The van der Waals surface area contributed by atoms with Crippen LogP contribution >= 0.6 is 0 Å². The summed E-state index contributed by atoms with van der Waals surface area (Å²) in [4.78, 5) is 12.1. The van der Waals surface area contributed by atoms with E-state index in [4.69, 9.17) is 9.47 Å². The van der Waals surface area contributed by atoms with Gasteiger partial charge in [0.2, 0.25) is 0 Å². The summed E-state index contributed by atoms with van der Waals surface area (Å²) in [6.45, 7) is 4.47. The minimum Gasteiger partial charge on any atom is -0.467 e. The van der Waals surface area contributed by atoms with Crippen LogP contribution in [0.4, 0.5) is 5.69 Å². The van der Waals surface area contributed by atoms with Crippen molar-refractivity contribution in [3.05, 3.63) is 29.8 Å². The highest BCUT2D eigenvalue weighted by molar-refractivity contribution is 5.86. The van der Waals surface area contributed by atoms with Crippen LogP contribution in [0.3, 0.4) is 0 Å². The van der Waals surface area contributed by atoms with Crippen LogP contribution in [0.5, 0.6) is 0 Å². The molecule has 0 amide bonds. The van der Waals surface area contributed by atoms with Crippen molar-refractivity contribution < 1.29 is 14.3 Å². The Labute approximate surface area is 107 Å². The van der Waals surface area contributed by atoms with E-state index in [1.807, 2.05) is 38.1 Å². The van der Waals surface area contributed by atoms with E-state index in [0.29, 0.717) is 13.0 Å². The molecule has 1 fully saturated rings. The number of esters is 1. The largest absolute Gasteiger partial charge is 0.467 e. The lowest BCUT2D eigenvalue weighted by Gasteiger charge is -2.31. The molecule has 1 aliphatic heterocycles. The summed E-state index contributed by atoms with van der Waals surface area (Å²) in [7, 11) is 1.41. The monoisotopic (exact) mass is 249 g/mol. The number of ether oxygens (including phenoxy) is 2. The van der Waals surface area contributed by atoms with Crippen molar-refractivity contribution in [1.29, 1.82) is 0 Å². The molecule has 98 valence electrons. The molecule has 2 atom stereocenters. The second-order valence-corrected chi connectivity index (χ2v) is 4.67. The molecule has 1 aromatic carbocycles. The third-order valence-electron chi connectivity index (χ3n) is 3.61. The molecular weight excluding hydrogens is 230 g/mol. The number of rotatable bonds is 3. The molecule has 1 N–H and O–H groups in total. The summed E-state index contributed by atoms with van der Waals surface area (Å²) < 4.78 is 10.5. The Morgan fingerprint density at radius 2 is 2.22 bits per heavy atom. The van der Waals surface area contributed by atoms with Crippen molar-refractivity contribution in [1.82, 2.24) is 0 Å². The van der Waals surface area contributed by atoms with Crippen LogP contribution in [0.1, 0.15) is 18.9 Å². The zero-order valence-electron chi connectivity index (χ0n) is 11.0. The van der Waals surface area contributed by atoms with Crippen LogP contribution < -0.4 is 5.32 Å². The van der Waals surface area contributed by atoms with E-state index in [-0.39, 0.29) is 12.1 Å². The molecule has 18 heavy (non-hydrogen) atoms. The Hall–Kier alpha value is -1.55. The normalized spacial score (nSPS) is 26.9. The number of hydrogen-bond acceptors (Lipinski definition) is 4. The van der Waals surface area contributed by atoms with Crippen molar-refractivity contribution in [2.75, 3.05) is 19.0 Å². The lowest BCUT2D eigenvalue weighted by molar-refractivity contribution is -0.147. The van der Waals surface area contributed by atoms with Crippen LogP contribution in [0.15, 0.2) is 24.3 Å². The molecule has 0 spiro atoms. The SMILES string of the molecule is COC(=O)C1(Nc2ccccc2C)CCOC1C. The fraction of sp³-hybridized carbons (Fsp3) is 0.500. The first-order valence-electron chi connectivity index (χ1n) is 6.14. The van der Waals surface area contributed by atoms with E-state index in [0.717, 1.165) is 11.3 Å². The lowest BCUT2D eigenvalue weighted by atomic mass is 9.91. The number of benzene rings is 1. The predicted molar refractivity (Wildman–Crippen MR) is 69.6 cm³/mol. The molecular formula is C14H19NO3. The van der Waals surface area contributed by atoms with Crippen LogP contribution in [-0.2, 0) is 14.3 Å². The van der Waals surface area contributed by atoms with Crippen molar-refractivity contribution >= 4 is 11.7 Å². The van der Waals surface area contributed by atoms with Gasteiger partial charge in [-0.1, -0.05) is 18.2 Å². The first-order chi connectivity index (χ1) is 8.60. The topological polar surface area (TPSA) is 47.6 Å². The molecule has 1 aliphatic rings. The molecule has 4 heteroatoms. The van der Waals surface area contributed by atoms with Gasteiger partial charge in [0, 0.05) is 18.7 Å². The van der Waals surface area contributed by atoms with Gasteiger partial charge >= 0.3 is 5.97 Å². The molecule has 1 heterocycles. The molecule has 1 saturated heterocycles. The van der Waals surface area contributed by atoms with Crippen LogP contribution in [-0.4, -0.2) is 31.3 Å². The third-order valence-corrected chi connectivity index (χ3v) is 3.61. The number of hydrogen-bond donors (Lipinski definition) is 1. The van der Waals surface area contributed by atoms with Gasteiger partial charge in [-0.05, 0) is 25.5 Å². The molecule has 0 saturated carbocycles. The zero-order valence-corrected chi connectivity index (χ0v) is 11.0. The molecule has 2 rings (SSSR count). The zero-order chi connectivity index (χ0) is 13.2. The average molecular weight is 249 g/mol. The van der Waals surface area contributed by atoms with Gasteiger partial charge in [-0.2, -0.15) is 0 Å². The average Bonchev–Trinajstić information content (AvgIpc) is 2.74. The Balaban J connectivity index is 2.32. The van der Waals surface area contributed by atoms with E-state index < -0.39 is 5.54 Å². The Morgan fingerprint density at radius 3 is 2.78 bits per heavy atom. The number of aryl methyl sites for hydroxylation is 1. The number of carbonyl (C=O) groups is 1. The van der Waals surface area contributed by atoms with Crippen molar-refractivity contribution in [2.24, 2.45) is 0 Å². The van der Waals surface area contributed by atoms with Gasteiger partial charge in [0.1, 0.15) is 0 Å². The van der Waals surface area contributed by atoms with Gasteiger partial charge in [-0.25, -0.2) is 4.79 Å². The molecule has 4 nitrogen and oxygen atoms in total. The molecule has 0 aliphatic carbocycles. The highest BCUT2D eigenvalue weighted by Crippen LogP contribution is 2.32. The lowest BCUT2D eigenvalue weighted by Crippen LogP contribution is -2.52.